The Balaban J connectivity index is 1.29. The molecule has 138 valence electrons. The van der Waals surface area contributed by atoms with Crippen molar-refractivity contribution in [2.45, 2.75) is 51.2 Å². The third-order valence-corrected chi connectivity index (χ3v) is 5.23. The second-order valence-corrected chi connectivity index (χ2v) is 7.22. The van der Waals surface area contributed by atoms with Crippen molar-refractivity contribution in [2.75, 3.05) is 19.6 Å². The molecule has 0 bridgehead atoms. The largest absolute Gasteiger partial charge is 0.338 e. The number of urea groups is 1. The highest BCUT2D eigenvalue weighted by atomic mass is 19.1. The lowest BCUT2D eigenvalue weighted by atomic mass is 10.0. The summed E-state index contributed by atoms with van der Waals surface area (Å²) in [6, 6.07) is 5.91. The van der Waals surface area contributed by atoms with Crippen LogP contribution in [-0.4, -0.2) is 36.6 Å². The third-order valence-electron chi connectivity index (χ3n) is 5.23. The van der Waals surface area contributed by atoms with E-state index in [1.54, 1.807) is 12.1 Å². The van der Waals surface area contributed by atoms with E-state index in [-0.39, 0.29) is 24.5 Å². The number of hydrogen-bond donors (Lipinski definition) is 2. The van der Waals surface area contributed by atoms with E-state index in [0.29, 0.717) is 0 Å². The van der Waals surface area contributed by atoms with E-state index in [2.05, 4.69) is 15.7 Å². The Morgan fingerprint density at radius 3 is 2.48 bits per heavy atom. The fourth-order valence-corrected chi connectivity index (χ4v) is 3.80. The molecule has 5 nitrogen and oxygen atoms in total. The number of likely N-dealkylation sites (tertiary alicyclic amines) is 1. The van der Waals surface area contributed by atoms with Gasteiger partial charge in [0.2, 0.25) is 0 Å². The molecule has 0 atom stereocenters. The van der Waals surface area contributed by atoms with Gasteiger partial charge in [0.1, 0.15) is 5.82 Å². The zero-order chi connectivity index (χ0) is 17.5. The molecular weight excluding hydrogens is 321 g/mol. The van der Waals surface area contributed by atoms with Crippen molar-refractivity contribution in [3.8, 4) is 0 Å². The molecule has 25 heavy (non-hydrogen) atoms. The number of benzene rings is 1. The molecule has 6 heteroatoms. The number of rotatable bonds is 6. The van der Waals surface area contributed by atoms with Crippen LogP contribution in [0.15, 0.2) is 24.3 Å². The van der Waals surface area contributed by atoms with Gasteiger partial charge in [0.15, 0.2) is 0 Å². The molecule has 3 rings (SSSR count). The van der Waals surface area contributed by atoms with Gasteiger partial charge in [-0.2, -0.15) is 0 Å². The number of piperidine rings is 1. The van der Waals surface area contributed by atoms with Gasteiger partial charge in [0.05, 0.1) is 6.61 Å². The zero-order valence-electron chi connectivity index (χ0n) is 14.7. The predicted molar refractivity (Wildman–Crippen MR) is 94.3 cm³/mol. The van der Waals surface area contributed by atoms with Gasteiger partial charge in [0, 0.05) is 25.7 Å². The standard InChI is InChI=1S/C19H28FN3O2/c20-17-7-5-16(6-8-17)14-25-22-19(24)21-18-9-11-23(12-10-18)13-15-3-1-2-4-15/h5-8,15,18H,1-4,9-14H2,(H2,21,22,24). The number of nitrogens with zero attached hydrogens (tertiary/aromatic N) is 1. The van der Waals surface area contributed by atoms with E-state index in [1.165, 1.54) is 44.4 Å². The number of nitrogens with one attached hydrogen (secondary N) is 2. The summed E-state index contributed by atoms with van der Waals surface area (Å²) in [5.41, 5.74) is 3.21. The van der Waals surface area contributed by atoms with Crippen LogP contribution in [0.4, 0.5) is 9.18 Å². The van der Waals surface area contributed by atoms with Crippen LogP contribution in [0, 0.1) is 11.7 Å². The van der Waals surface area contributed by atoms with Crippen molar-refractivity contribution in [1.82, 2.24) is 15.7 Å². The van der Waals surface area contributed by atoms with Crippen LogP contribution in [0.25, 0.3) is 0 Å². The molecule has 1 aromatic carbocycles. The average molecular weight is 349 g/mol. The predicted octanol–water partition coefficient (Wildman–Crippen LogP) is 3.21. The lowest BCUT2D eigenvalue weighted by molar-refractivity contribution is 0.0469. The molecule has 1 aromatic rings. The van der Waals surface area contributed by atoms with Crippen LogP contribution in [-0.2, 0) is 11.4 Å². The first-order valence-corrected chi connectivity index (χ1v) is 9.34. The zero-order valence-corrected chi connectivity index (χ0v) is 14.7. The Morgan fingerprint density at radius 2 is 1.80 bits per heavy atom. The minimum atomic E-state index is -0.309. The molecule has 2 fully saturated rings. The van der Waals surface area contributed by atoms with E-state index in [4.69, 9.17) is 4.84 Å². The maximum Gasteiger partial charge on any atom is 0.338 e. The van der Waals surface area contributed by atoms with Crippen LogP contribution >= 0.6 is 0 Å². The molecule has 2 aliphatic rings. The summed E-state index contributed by atoms with van der Waals surface area (Å²) in [5, 5.41) is 2.97. The highest BCUT2D eigenvalue weighted by Gasteiger charge is 2.24. The number of halogens is 1. The van der Waals surface area contributed by atoms with Gasteiger partial charge >= 0.3 is 6.03 Å². The monoisotopic (exact) mass is 349 g/mol. The Kier molecular flexibility index (Phi) is 6.64. The van der Waals surface area contributed by atoms with Gasteiger partial charge in [0.25, 0.3) is 0 Å². The molecule has 0 unspecified atom stereocenters. The summed E-state index contributed by atoms with van der Waals surface area (Å²) >= 11 is 0. The molecule has 2 N–H and O–H groups in total. The molecule has 1 aliphatic carbocycles. The fraction of sp³-hybridized carbons (Fsp3) is 0.632. The Hall–Kier alpha value is -1.66. The van der Waals surface area contributed by atoms with Gasteiger partial charge < -0.3 is 10.2 Å². The molecule has 0 aromatic heterocycles. The number of amides is 2. The van der Waals surface area contributed by atoms with E-state index in [0.717, 1.165) is 37.4 Å². The summed E-state index contributed by atoms with van der Waals surface area (Å²) in [6.07, 6.45) is 7.51. The highest BCUT2D eigenvalue weighted by molar-refractivity contribution is 5.73. The SMILES string of the molecule is O=C(NOCc1ccc(F)cc1)NC1CCN(CC2CCCC2)CC1. The van der Waals surface area contributed by atoms with Crippen molar-refractivity contribution >= 4 is 6.03 Å². The van der Waals surface area contributed by atoms with E-state index in [1.807, 2.05) is 0 Å². The normalized spacial score (nSPS) is 19.9. The van der Waals surface area contributed by atoms with Crippen LogP contribution in [0.5, 0.6) is 0 Å². The second-order valence-electron chi connectivity index (χ2n) is 7.22. The maximum atomic E-state index is 12.8. The summed E-state index contributed by atoms with van der Waals surface area (Å²) in [5.74, 6) is 0.599. The number of hydrogen-bond acceptors (Lipinski definition) is 3. The Morgan fingerprint density at radius 1 is 1.12 bits per heavy atom. The minimum absolute atomic E-state index is 0.203. The molecule has 1 saturated heterocycles. The van der Waals surface area contributed by atoms with E-state index < -0.39 is 0 Å². The van der Waals surface area contributed by atoms with Gasteiger partial charge in [-0.3, -0.25) is 4.84 Å². The van der Waals surface area contributed by atoms with Gasteiger partial charge in [-0.25, -0.2) is 14.7 Å². The molecule has 0 spiro atoms. The molecule has 1 heterocycles. The smallest absolute Gasteiger partial charge is 0.334 e. The maximum absolute atomic E-state index is 12.8. The Labute approximate surface area is 148 Å². The number of carbonyl (C=O) groups is 1. The van der Waals surface area contributed by atoms with E-state index in [9.17, 15) is 9.18 Å². The van der Waals surface area contributed by atoms with Crippen LogP contribution in [0.3, 0.4) is 0 Å². The highest BCUT2D eigenvalue weighted by Crippen LogP contribution is 2.26. The van der Waals surface area contributed by atoms with Crippen LogP contribution in [0.1, 0.15) is 44.1 Å². The number of hydroxylamine groups is 1. The van der Waals surface area contributed by atoms with Gasteiger partial charge in [-0.05, 0) is 49.3 Å². The number of carbonyl (C=O) groups excluding carboxylic acids is 1. The summed E-state index contributed by atoms with van der Waals surface area (Å²) < 4.78 is 12.8. The van der Waals surface area contributed by atoms with Gasteiger partial charge in [-0.15, -0.1) is 0 Å². The molecule has 2 amide bonds. The Bertz CT molecular complexity index is 538. The fourth-order valence-electron chi connectivity index (χ4n) is 3.80. The first kappa shape index (κ1) is 18.1. The summed E-state index contributed by atoms with van der Waals surface area (Å²) in [4.78, 5) is 19.6. The minimum Gasteiger partial charge on any atom is -0.334 e. The third kappa shape index (κ3) is 5.97. The van der Waals surface area contributed by atoms with Crippen molar-refractivity contribution in [2.24, 2.45) is 5.92 Å². The van der Waals surface area contributed by atoms with Gasteiger partial charge in [-0.1, -0.05) is 25.0 Å². The van der Waals surface area contributed by atoms with Crippen molar-refractivity contribution in [1.29, 1.82) is 0 Å². The summed E-state index contributed by atoms with van der Waals surface area (Å²) in [7, 11) is 0. The first-order valence-electron chi connectivity index (χ1n) is 9.34. The van der Waals surface area contributed by atoms with E-state index >= 15 is 0 Å². The van der Waals surface area contributed by atoms with Crippen LogP contribution in [0.2, 0.25) is 0 Å². The molecule has 0 radical (unpaired) electrons. The lowest BCUT2D eigenvalue weighted by Gasteiger charge is -2.33. The van der Waals surface area contributed by atoms with Crippen molar-refractivity contribution in [3.63, 3.8) is 0 Å². The van der Waals surface area contributed by atoms with Crippen LogP contribution < -0.4 is 10.8 Å². The topological polar surface area (TPSA) is 53.6 Å². The first-order chi connectivity index (χ1) is 12.2. The quantitative estimate of drug-likeness (QED) is 0.776. The summed E-state index contributed by atoms with van der Waals surface area (Å²) in [6.45, 7) is 3.54. The second kappa shape index (κ2) is 9.15. The van der Waals surface area contributed by atoms with Crippen molar-refractivity contribution in [3.05, 3.63) is 35.6 Å². The van der Waals surface area contributed by atoms with Crippen molar-refractivity contribution < 1.29 is 14.0 Å². The molecule has 1 aliphatic heterocycles. The lowest BCUT2D eigenvalue weighted by Crippen LogP contribution is -2.48. The average Bonchev–Trinajstić information content (AvgIpc) is 3.11. The molecule has 1 saturated carbocycles. The molecular formula is C19H28FN3O2.